The van der Waals surface area contributed by atoms with E-state index in [0.29, 0.717) is 0 Å². The van der Waals surface area contributed by atoms with Gasteiger partial charge in [-0.3, -0.25) is 0 Å². The monoisotopic (exact) mass is 269 g/mol. The van der Waals surface area contributed by atoms with Gasteiger partial charge in [-0.05, 0) is 44.5 Å². The van der Waals surface area contributed by atoms with Crippen LogP contribution in [0.4, 0.5) is 10.1 Å². The number of hydrogen-bond acceptors (Lipinski definition) is 2. The maximum absolute atomic E-state index is 13.1. The van der Waals surface area contributed by atoms with Gasteiger partial charge in [-0.1, -0.05) is 24.4 Å². The van der Waals surface area contributed by atoms with Crippen molar-refractivity contribution in [3.8, 4) is 0 Å². The molecule has 2 N–H and O–H groups in total. The Morgan fingerprint density at radius 1 is 1.44 bits per heavy atom. The summed E-state index contributed by atoms with van der Waals surface area (Å²) in [7, 11) is 1.95. The van der Waals surface area contributed by atoms with Gasteiger partial charge in [-0.25, -0.2) is 4.39 Å². The SMILES string of the molecule is CNCC1(Nc2ccc(F)c(Cl)c2)C[CH]CCC1. The van der Waals surface area contributed by atoms with Crippen molar-refractivity contribution in [3.05, 3.63) is 35.5 Å². The number of nitrogens with one attached hydrogen (secondary N) is 2. The van der Waals surface area contributed by atoms with Crippen molar-refractivity contribution in [3.63, 3.8) is 0 Å². The first-order chi connectivity index (χ1) is 8.65. The largest absolute Gasteiger partial charge is 0.378 e. The Hall–Kier alpha value is -0.800. The fourth-order valence-electron chi connectivity index (χ4n) is 2.60. The summed E-state index contributed by atoms with van der Waals surface area (Å²) in [6.45, 7) is 0.887. The lowest BCUT2D eigenvalue weighted by Crippen LogP contribution is -2.48. The molecule has 2 nitrogen and oxygen atoms in total. The predicted octanol–water partition coefficient (Wildman–Crippen LogP) is 3.63. The molecule has 0 aromatic heterocycles. The second kappa shape index (κ2) is 5.89. The number of rotatable bonds is 4. The Morgan fingerprint density at radius 2 is 2.28 bits per heavy atom. The van der Waals surface area contributed by atoms with E-state index >= 15 is 0 Å². The Balaban J connectivity index is 2.14. The molecule has 1 aliphatic carbocycles. The van der Waals surface area contributed by atoms with Crippen LogP contribution in [0.25, 0.3) is 0 Å². The second-order valence-corrected chi connectivity index (χ2v) is 5.36. The van der Waals surface area contributed by atoms with Crippen molar-refractivity contribution >= 4 is 17.3 Å². The molecule has 0 saturated heterocycles. The number of halogens is 2. The van der Waals surface area contributed by atoms with Gasteiger partial charge in [-0.2, -0.15) is 0 Å². The molecule has 1 radical (unpaired) electrons. The lowest BCUT2D eigenvalue weighted by atomic mass is 9.81. The van der Waals surface area contributed by atoms with Gasteiger partial charge in [0.25, 0.3) is 0 Å². The summed E-state index contributed by atoms with van der Waals surface area (Å²) in [4.78, 5) is 0. The van der Waals surface area contributed by atoms with Gasteiger partial charge >= 0.3 is 0 Å². The first-order valence-electron chi connectivity index (χ1n) is 6.35. The fourth-order valence-corrected chi connectivity index (χ4v) is 2.78. The number of hydrogen-bond donors (Lipinski definition) is 2. The topological polar surface area (TPSA) is 24.1 Å². The number of anilines is 1. The first-order valence-corrected chi connectivity index (χ1v) is 6.72. The van der Waals surface area contributed by atoms with E-state index in [1.54, 1.807) is 12.1 Å². The average molecular weight is 270 g/mol. The summed E-state index contributed by atoms with van der Waals surface area (Å²) in [5.74, 6) is -0.375. The van der Waals surface area contributed by atoms with E-state index < -0.39 is 0 Å². The lowest BCUT2D eigenvalue weighted by Gasteiger charge is -2.39. The molecule has 4 heteroatoms. The Bertz CT molecular complexity index is 397. The summed E-state index contributed by atoms with van der Waals surface area (Å²) in [6, 6.07) is 4.81. The van der Waals surface area contributed by atoms with Crippen molar-refractivity contribution in [2.24, 2.45) is 0 Å². The van der Waals surface area contributed by atoms with E-state index in [1.165, 1.54) is 18.9 Å². The molecule has 18 heavy (non-hydrogen) atoms. The van der Waals surface area contributed by atoms with Crippen LogP contribution in [0.1, 0.15) is 25.7 Å². The van der Waals surface area contributed by atoms with Gasteiger partial charge < -0.3 is 10.6 Å². The molecule has 0 aliphatic heterocycles. The van der Waals surface area contributed by atoms with Crippen molar-refractivity contribution in [2.75, 3.05) is 18.9 Å². The quantitative estimate of drug-likeness (QED) is 0.872. The summed E-state index contributed by atoms with van der Waals surface area (Å²) in [5.41, 5.74) is 0.903. The fraction of sp³-hybridized carbons (Fsp3) is 0.500. The molecular formula is C14H19ClFN2. The van der Waals surface area contributed by atoms with E-state index in [9.17, 15) is 4.39 Å². The molecular weight excluding hydrogens is 251 g/mol. The smallest absolute Gasteiger partial charge is 0.141 e. The first kappa shape index (κ1) is 13.6. The highest BCUT2D eigenvalue weighted by Crippen LogP contribution is 2.31. The minimum absolute atomic E-state index is 0.0220. The number of benzene rings is 1. The van der Waals surface area contributed by atoms with Gasteiger partial charge in [0, 0.05) is 12.2 Å². The van der Waals surface area contributed by atoms with Gasteiger partial charge in [0.2, 0.25) is 0 Å². The molecule has 2 rings (SSSR count). The van der Waals surface area contributed by atoms with E-state index in [-0.39, 0.29) is 16.4 Å². The molecule has 1 atom stereocenters. The van der Waals surface area contributed by atoms with Crippen molar-refractivity contribution < 1.29 is 4.39 Å². The van der Waals surface area contributed by atoms with Gasteiger partial charge in [-0.15, -0.1) is 0 Å². The summed E-state index contributed by atoms with van der Waals surface area (Å²) < 4.78 is 13.1. The molecule has 1 saturated carbocycles. The van der Waals surface area contributed by atoms with Gasteiger partial charge in [0.1, 0.15) is 5.82 Å². The minimum atomic E-state index is -0.375. The third kappa shape index (κ3) is 3.15. The number of likely N-dealkylation sites (N-methyl/N-ethyl adjacent to an activating group) is 1. The molecule has 1 fully saturated rings. The molecule has 1 unspecified atom stereocenters. The van der Waals surface area contributed by atoms with Crippen LogP contribution >= 0.6 is 11.6 Å². The van der Waals surface area contributed by atoms with Gasteiger partial charge in [0.05, 0.1) is 10.6 Å². The molecule has 0 heterocycles. The highest BCUT2D eigenvalue weighted by atomic mass is 35.5. The summed E-state index contributed by atoms with van der Waals surface area (Å²) in [5, 5.41) is 6.92. The lowest BCUT2D eigenvalue weighted by molar-refractivity contribution is 0.360. The Labute approximate surface area is 113 Å². The maximum Gasteiger partial charge on any atom is 0.141 e. The van der Waals surface area contributed by atoms with Crippen LogP contribution in [-0.4, -0.2) is 19.1 Å². The van der Waals surface area contributed by atoms with Crippen LogP contribution in [0.15, 0.2) is 18.2 Å². The van der Waals surface area contributed by atoms with Crippen LogP contribution in [-0.2, 0) is 0 Å². The standard InChI is InChI=1S/C14H19ClFN2/c1-17-10-14(7-3-2-4-8-14)18-11-5-6-13(16)12(15)9-11/h3,5-6,9,17-18H,2,4,7-8,10H2,1H3. The normalized spacial score (nSPS) is 18.6. The third-order valence-electron chi connectivity index (χ3n) is 3.44. The molecule has 1 aliphatic rings. The molecule has 1 aromatic carbocycles. The molecule has 0 spiro atoms. The van der Waals surface area contributed by atoms with E-state index in [0.717, 1.165) is 25.1 Å². The van der Waals surface area contributed by atoms with Crippen LogP contribution in [0.3, 0.4) is 0 Å². The Kier molecular flexibility index (Phi) is 4.46. The van der Waals surface area contributed by atoms with Crippen LogP contribution in [0.5, 0.6) is 0 Å². The summed E-state index contributed by atoms with van der Waals surface area (Å²) in [6.07, 6.45) is 6.81. The van der Waals surface area contributed by atoms with Gasteiger partial charge in [0.15, 0.2) is 0 Å². The van der Waals surface area contributed by atoms with Crippen molar-refractivity contribution in [1.29, 1.82) is 0 Å². The molecule has 0 bridgehead atoms. The molecule has 0 amide bonds. The maximum atomic E-state index is 13.1. The molecule has 99 valence electrons. The summed E-state index contributed by atoms with van der Waals surface area (Å²) >= 11 is 5.82. The van der Waals surface area contributed by atoms with Crippen LogP contribution < -0.4 is 10.6 Å². The Morgan fingerprint density at radius 3 is 2.89 bits per heavy atom. The van der Waals surface area contributed by atoms with E-state index in [4.69, 9.17) is 11.6 Å². The van der Waals surface area contributed by atoms with Crippen LogP contribution in [0.2, 0.25) is 5.02 Å². The highest BCUT2D eigenvalue weighted by Gasteiger charge is 2.31. The third-order valence-corrected chi connectivity index (χ3v) is 3.73. The van der Waals surface area contributed by atoms with Crippen molar-refractivity contribution in [2.45, 2.75) is 31.2 Å². The predicted molar refractivity (Wildman–Crippen MR) is 74.5 cm³/mol. The second-order valence-electron chi connectivity index (χ2n) is 4.95. The van der Waals surface area contributed by atoms with E-state index in [1.807, 2.05) is 7.05 Å². The molecule has 1 aromatic rings. The minimum Gasteiger partial charge on any atom is -0.378 e. The highest BCUT2D eigenvalue weighted by molar-refractivity contribution is 6.31. The van der Waals surface area contributed by atoms with E-state index in [2.05, 4.69) is 17.1 Å². The zero-order valence-electron chi connectivity index (χ0n) is 10.6. The van der Waals surface area contributed by atoms with Crippen molar-refractivity contribution in [1.82, 2.24) is 5.32 Å². The average Bonchev–Trinajstić information content (AvgIpc) is 2.35. The zero-order valence-corrected chi connectivity index (χ0v) is 11.4. The zero-order chi connectivity index (χ0) is 13.0. The van der Waals surface area contributed by atoms with Crippen LogP contribution in [0, 0.1) is 12.2 Å².